The second-order valence-corrected chi connectivity index (χ2v) is 5.53. The van der Waals surface area contributed by atoms with Gasteiger partial charge in [-0.05, 0) is 36.1 Å². The Morgan fingerprint density at radius 1 is 0.720 bits per heavy atom. The summed E-state index contributed by atoms with van der Waals surface area (Å²) in [5, 5.41) is 0. The summed E-state index contributed by atoms with van der Waals surface area (Å²) in [6.45, 7) is 19.1. The van der Waals surface area contributed by atoms with Gasteiger partial charge in [0, 0.05) is 5.41 Å². The molecule has 0 N–H and O–H groups in total. The molecule has 2 aromatic carbocycles. The SMILES string of the molecule is C#C.C=CC.C=CC.CC.CC1(C)c2ccccc2-c2ccccc21. The summed E-state index contributed by atoms with van der Waals surface area (Å²) in [6.07, 6.45) is 11.5. The zero-order valence-electron chi connectivity index (χ0n) is 16.8. The molecule has 0 atom stereocenters. The van der Waals surface area contributed by atoms with Crippen LogP contribution in [0.5, 0.6) is 0 Å². The molecule has 0 heterocycles. The number of benzene rings is 2. The number of rotatable bonds is 0. The van der Waals surface area contributed by atoms with Crippen molar-refractivity contribution in [1.82, 2.24) is 0 Å². The minimum Gasteiger partial charge on any atom is -0.124 e. The third-order valence-corrected chi connectivity index (χ3v) is 3.49. The van der Waals surface area contributed by atoms with E-state index < -0.39 is 0 Å². The van der Waals surface area contributed by atoms with Gasteiger partial charge in [-0.2, -0.15) is 0 Å². The van der Waals surface area contributed by atoms with E-state index >= 15 is 0 Å². The molecule has 0 unspecified atom stereocenters. The molecule has 134 valence electrons. The fraction of sp³-hybridized carbons (Fsp3) is 0.280. The number of fused-ring (bicyclic) bond motifs is 3. The maximum Gasteiger partial charge on any atom is 0.0158 e. The van der Waals surface area contributed by atoms with E-state index in [1.165, 1.54) is 22.3 Å². The van der Waals surface area contributed by atoms with Crippen LogP contribution in [-0.2, 0) is 5.41 Å². The summed E-state index contributed by atoms with van der Waals surface area (Å²) in [5.41, 5.74) is 5.86. The normalized spacial score (nSPS) is 10.9. The smallest absolute Gasteiger partial charge is 0.0158 e. The van der Waals surface area contributed by atoms with E-state index in [0.717, 1.165) is 0 Å². The molecule has 0 nitrogen and oxygen atoms in total. The van der Waals surface area contributed by atoms with Crippen molar-refractivity contribution < 1.29 is 0 Å². The predicted octanol–water partition coefficient (Wildman–Crippen LogP) is 7.65. The number of allylic oxidation sites excluding steroid dienone is 2. The van der Waals surface area contributed by atoms with E-state index in [0.29, 0.717) is 0 Å². The van der Waals surface area contributed by atoms with Crippen molar-refractivity contribution in [2.24, 2.45) is 0 Å². The number of hydrogen-bond donors (Lipinski definition) is 0. The number of terminal acetylenes is 1. The molecular weight excluding hydrogens is 300 g/mol. The molecule has 0 aromatic heterocycles. The van der Waals surface area contributed by atoms with Gasteiger partial charge in [-0.25, -0.2) is 0 Å². The van der Waals surface area contributed by atoms with E-state index in [1.807, 2.05) is 27.7 Å². The van der Waals surface area contributed by atoms with E-state index in [2.05, 4.69) is 88.4 Å². The topological polar surface area (TPSA) is 0 Å². The molecule has 0 heteroatoms. The molecule has 0 saturated carbocycles. The van der Waals surface area contributed by atoms with Crippen LogP contribution in [0.15, 0.2) is 73.8 Å². The Labute approximate surface area is 156 Å². The summed E-state index contributed by atoms with van der Waals surface area (Å²) < 4.78 is 0. The minimum atomic E-state index is 0.160. The van der Waals surface area contributed by atoms with Crippen molar-refractivity contribution in [3.05, 3.63) is 85.0 Å². The maximum atomic E-state index is 4.00. The van der Waals surface area contributed by atoms with Gasteiger partial charge < -0.3 is 0 Å². The van der Waals surface area contributed by atoms with Gasteiger partial charge >= 0.3 is 0 Å². The van der Waals surface area contributed by atoms with Crippen LogP contribution in [0.2, 0.25) is 0 Å². The van der Waals surface area contributed by atoms with Gasteiger partial charge in [-0.15, -0.1) is 26.0 Å². The molecule has 0 amide bonds. The van der Waals surface area contributed by atoms with Gasteiger partial charge in [0.2, 0.25) is 0 Å². The lowest BCUT2D eigenvalue weighted by Crippen LogP contribution is -2.14. The first-order chi connectivity index (χ1) is 12.0. The first-order valence-corrected chi connectivity index (χ1v) is 8.71. The Balaban J connectivity index is 0. The van der Waals surface area contributed by atoms with Crippen LogP contribution in [0.25, 0.3) is 11.1 Å². The van der Waals surface area contributed by atoms with E-state index in [1.54, 1.807) is 12.2 Å². The fourth-order valence-electron chi connectivity index (χ4n) is 2.67. The molecule has 0 radical (unpaired) electrons. The summed E-state index contributed by atoms with van der Waals surface area (Å²) in [6, 6.07) is 17.4. The lowest BCUT2D eigenvalue weighted by atomic mass is 9.82. The molecule has 0 spiro atoms. The summed E-state index contributed by atoms with van der Waals surface area (Å²) in [4.78, 5) is 0. The Kier molecular flexibility index (Phi) is 13.7. The van der Waals surface area contributed by atoms with Crippen LogP contribution in [0.1, 0.15) is 52.7 Å². The molecule has 0 aliphatic heterocycles. The maximum absolute atomic E-state index is 4.00. The second kappa shape index (κ2) is 13.9. The molecule has 0 bridgehead atoms. The van der Waals surface area contributed by atoms with Crippen LogP contribution < -0.4 is 0 Å². The fourth-order valence-corrected chi connectivity index (χ4v) is 2.67. The van der Waals surface area contributed by atoms with Crippen LogP contribution in [0.3, 0.4) is 0 Å². The molecule has 0 fully saturated rings. The van der Waals surface area contributed by atoms with Gasteiger partial charge in [-0.3, -0.25) is 0 Å². The van der Waals surface area contributed by atoms with Crippen LogP contribution in [-0.4, -0.2) is 0 Å². The van der Waals surface area contributed by atoms with Crippen molar-refractivity contribution in [2.45, 2.75) is 47.0 Å². The van der Waals surface area contributed by atoms with Crippen LogP contribution in [0, 0.1) is 12.8 Å². The Morgan fingerprint density at radius 2 is 0.960 bits per heavy atom. The number of hydrogen-bond acceptors (Lipinski definition) is 0. The van der Waals surface area contributed by atoms with Gasteiger partial charge in [0.25, 0.3) is 0 Å². The monoisotopic (exact) mass is 334 g/mol. The van der Waals surface area contributed by atoms with Crippen molar-refractivity contribution in [3.8, 4) is 24.0 Å². The third-order valence-electron chi connectivity index (χ3n) is 3.49. The van der Waals surface area contributed by atoms with Crippen molar-refractivity contribution >= 4 is 0 Å². The largest absolute Gasteiger partial charge is 0.124 e. The quantitative estimate of drug-likeness (QED) is 0.343. The summed E-state index contributed by atoms with van der Waals surface area (Å²) in [5.74, 6) is 0. The van der Waals surface area contributed by atoms with Gasteiger partial charge in [0.15, 0.2) is 0 Å². The molecule has 1 aliphatic carbocycles. The Morgan fingerprint density at radius 3 is 1.24 bits per heavy atom. The zero-order chi connectivity index (χ0) is 19.9. The average molecular weight is 335 g/mol. The van der Waals surface area contributed by atoms with Crippen LogP contribution in [0.4, 0.5) is 0 Å². The van der Waals surface area contributed by atoms with Gasteiger partial charge in [-0.1, -0.05) is 88.4 Å². The molecule has 25 heavy (non-hydrogen) atoms. The van der Waals surface area contributed by atoms with Crippen molar-refractivity contribution in [2.75, 3.05) is 0 Å². The Bertz CT molecular complexity index is 588. The molecule has 0 saturated heterocycles. The molecular formula is C25H34. The predicted molar refractivity (Wildman–Crippen MR) is 117 cm³/mol. The van der Waals surface area contributed by atoms with Crippen LogP contribution >= 0.6 is 0 Å². The highest BCUT2D eigenvalue weighted by Gasteiger charge is 2.34. The standard InChI is InChI=1S/C15H14.2C3H6.C2H6.C2H2/c1-15(2)13-9-5-3-7-11(13)12-8-4-6-10-14(12)15;2*1-3-2;2*1-2/h3-10H,1-2H3;2*3H,1H2,2H3;1-2H3;1-2H. The van der Waals surface area contributed by atoms with E-state index in [4.69, 9.17) is 0 Å². The molecule has 1 aliphatic rings. The summed E-state index contributed by atoms with van der Waals surface area (Å²) in [7, 11) is 0. The summed E-state index contributed by atoms with van der Waals surface area (Å²) >= 11 is 0. The third kappa shape index (κ3) is 6.48. The lowest BCUT2D eigenvalue weighted by molar-refractivity contribution is 0.660. The van der Waals surface area contributed by atoms with Gasteiger partial charge in [0.05, 0.1) is 0 Å². The first kappa shape index (κ1) is 24.7. The highest BCUT2D eigenvalue weighted by atomic mass is 14.4. The Hall–Kier alpha value is -2.52. The van der Waals surface area contributed by atoms with Crippen molar-refractivity contribution in [3.63, 3.8) is 0 Å². The van der Waals surface area contributed by atoms with E-state index in [-0.39, 0.29) is 5.41 Å². The second-order valence-electron chi connectivity index (χ2n) is 5.53. The van der Waals surface area contributed by atoms with E-state index in [9.17, 15) is 0 Å². The first-order valence-electron chi connectivity index (χ1n) is 8.71. The highest BCUT2D eigenvalue weighted by Crippen LogP contribution is 2.47. The average Bonchev–Trinajstić information content (AvgIpc) is 2.89. The molecule has 3 rings (SSSR count). The highest BCUT2D eigenvalue weighted by molar-refractivity contribution is 5.80. The zero-order valence-corrected chi connectivity index (χ0v) is 16.8. The van der Waals surface area contributed by atoms with Gasteiger partial charge in [0.1, 0.15) is 0 Å². The van der Waals surface area contributed by atoms with Crippen molar-refractivity contribution in [1.29, 1.82) is 0 Å². The lowest BCUT2D eigenvalue weighted by Gasteiger charge is -2.20. The minimum absolute atomic E-state index is 0.160. The molecule has 2 aromatic rings.